The molecule has 0 fully saturated rings. The highest BCUT2D eigenvalue weighted by Crippen LogP contribution is 2.23. The van der Waals surface area contributed by atoms with Gasteiger partial charge in [-0.15, -0.1) is 0 Å². The van der Waals surface area contributed by atoms with Crippen molar-refractivity contribution in [3.05, 3.63) is 53.3 Å². The molecule has 124 valence electrons. The number of hydrogen-bond acceptors (Lipinski definition) is 4. The summed E-state index contributed by atoms with van der Waals surface area (Å²) < 4.78 is 65.9. The molecule has 0 atom stereocenters. The first-order chi connectivity index (χ1) is 10.7. The molecule has 0 radical (unpaired) electrons. The molecule has 0 aromatic heterocycles. The molecule has 0 amide bonds. The second-order valence-electron chi connectivity index (χ2n) is 4.41. The van der Waals surface area contributed by atoms with Crippen LogP contribution in [0.1, 0.15) is 0 Å². The fourth-order valence-electron chi connectivity index (χ4n) is 1.70. The molecule has 0 saturated carbocycles. The molecular formula is C13H12ClFN2O4S2. The Kier molecular flexibility index (Phi) is 4.95. The Morgan fingerprint density at radius 1 is 0.957 bits per heavy atom. The molecule has 0 saturated heterocycles. The highest BCUT2D eigenvalue weighted by molar-refractivity contribution is 7.93. The monoisotopic (exact) mass is 378 g/mol. The van der Waals surface area contributed by atoms with Crippen LogP contribution in [0.2, 0.25) is 5.02 Å². The van der Waals surface area contributed by atoms with Gasteiger partial charge in [-0.3, -0.25) is 4.72 Å². The van der Waals surface area contributed by atoms with Crippen LogP contribution in [0.15, 0.2) is 52.3 Å². The summed E-state index contributed by atoms with van der Waals surface area (Å²) in [5, 5.41) is 0.118. The van der Waals surface area contributed by atoms with Gasteiger partial charge >= 0.3 is 0 Å². The van der Waals surface area contributed by atoms with Crippen molar-refractivity contribution in [3.63, 3.8) is 0 Å². The molecule has 0 aliphatic rings. The summed E-state index contributed by atoms with van der Waals surface area (Å²) in [6.07, 6.45) is 0. The second-order valence-corrected chi connectivity index (χ2v) is 8.42. The molecule has 2 N–H and O–H groups in total. The quantitative estimate of drug-likeness (QED) is 0.834. The summed E-state index contributed by atoms with van der Waals surface area (Å²) in [7, 11) is -6.76. The van der Waals surface area contributed by atoms with E-state index in [4.69, 9.17) is 11.6 Å². The van der Waals surface area contributed by atoms with Crippen molar-refractivity contribution < 1.29 is 21.2 Å². The Bertz CT molecular complexity index is 946. The highest BCUT2D eigenvalue weighted by Gasteiger charge is 2.20. The van der Waals surface area contributed by atoms with Crippen LogP contribution in [0.5, 0.6) is 0 Å². The lowest BCUT2D eigenvalue weighted by atomic mass is 10.3. The molecule has 0 heterocycles. The SMILES string of the molecule is CNS(=O)(=O)c1cccc(S(=O)(=O)Nc2ccc(Cl)cc2F)c1. The van der Waals surface area contributed by atoms with Crippen molar-refractivity contribution in [2.75, 3.05) is 11.8 Å². The Morgan fingerprint density at radius 2 is 1.57 bits per heavy atom. The van der Waals surface area contributed by atoms with Crippen LogP contribution >= 0.6 is 11.6 Å². The summed E-state index contributed by atoms with van der Waals surface area (Å²) in [4.78, 5) is -0.539. The van der Waals surface area contributed by atoms with Crippen molar-refractivity contribution >= 4 is 37.3 Å². The van der Waals surface area contributed by atoms with Crippen LogP contribution < -0.4 is 9.44 Å². The number of anilines is 1. The Labute approximate surface area is 138 Å². The third-order valence-corrected chi connectivity index (χ3v) is 5.88. The number of rotatable bonds is 5. The summed E-state index contributed by atoms with van der Waals surface area (Å²) in [6.45, 7) is 0. The van der Waals surface area contributed by atoms with Gasteiger partial charge in [-0.05, 0) is 43.4 Å². The third-order valence-electron chi connectivity index (χ3n) is 2.87. The molecule has 10 heteroatoms. The maximum Gasteiger partial charge on any atom is 0.262 e. The molecule has 2 aromatic carbocycles. The molecule has 0 aliphatic heterocycles. The van der Waals surface area contributed by atoms with Gasteiger partial charge in [0, 0.05) is 5.02 Å². The number of halogens is 2. The van der Waals surface area contributed by atoms with Gasteiger partial charge < -0.3 is 0 Å². The van der Waals surface area contributed by atoms with E-state index in [-0.39, 0.29) is 20.5 Å². The Morgan fingerprint density at radius 3 is 2.13 bits per heavy atom. The minimum absolute atomic E-state index is 0.118. The van der Waals surface area contributed by atoms with E-state index >= 15 is 0 Å². The van der Waals surface area contributed by atoms with Gasteiger partial charge in [-0.1, -0.05) is 17.7 Å². The molecule has 23 heavy (non-hydrogen) atoms. The number of hydrogen-bond donors (Lipinski definition) is 2. The molecule has 6 nitrogen and oxygen atoms in total. The van der Waals surface area contributed by atoms with Crippen molar-refractivity contribution in [2.45, 2.75) is 9.79 Å². The van der Waals surface area contributed by atoms with Gasteiger partial charge in [0.1, 0.15) is 5.82 Å². The molecule has 0 spiro atoms. The molecule has 2 aromatic rings. The van der Waals surface area contributed by atoms with Crippen molar-refractivity contribution in [3.8, 4) is 0 Å². The summed E-state index contributed by atoms with van der Waals surface area (Å²) >= 11 is 5.60. The fourth-order valence-corrected chi connectivity index (χ4v) is 3.82. The zero-order chi connectivity index (χ0) is 17.3. The van der Waals surface area contributed by atoms with E-state index in [0.717, 1.165) is 12.1 Å². The third kappa shape index (κ3) is 3.99. The predicted molar refractivity (Wildman–Crippen MR) is 84.9 cm³/mol. The van der Waals surface area contributed by atoms with Gasteiger partial charge in [-0.25, -0.2) is 25.9 Å². The van der Waals surface area contributed by atoms with E-state index in [2.05, 4.69) is 9.44 Å². The minimum atomic E-state index is -4.16. The second kappa shape index (κ2) is 6.44. The van der Waals surface area contributed by atoms with Gasteiger partial charge in [0.25, 0.3) is 10.0 Å². The lowest BCUT2D eigenvalue weighted by Gasteiger charge is -2.10. The fraction of sp³-hybridized carbons (Fsp3) is 0.0769. The normalized spacial score (nSPS) is 12.1. The van der Waals surface area contributed by atoms with Crippen LogP contribution in [0.3, 0.4) is 0 Å². The minimum Gasteiger partial charge on any atom is -0.277 e. The van der Waals surface area contributed by atoms with Crippen molar-refractivity contribution in [1.82, 2.24) is 4.72 Å². The molecule has 0 aliphatic carbocycles. The van der Waals surface area contributed by atoms with Gasteiger partial charge in [0.15, 0.2) is 0 Å². The zero-order valence-electron chi connectivity index (χ0n) is 11.7. The highest BCUT2D eigenvalue weighted by atomic mass is 35.5. The van der Waals surface area contributed by atoms with E-state index in [9.17, 15) is 21.2 Å². The van der Waals surface area contributed by atoms with Crippen LogP contribution in [-0.2, 0) is 20.0 Å². The molecule has 0 bridgehead atoms. The number of nitrogens with one attached hydrogen (secondary N) is 2. The average Bonchev–Trinajstić information content (AvgIpc) is 2.50. The largest absolute Gasteiger partial charge is 0.277 e. The lowest BCUT2D eigenvalue weighted by Crippen LogP contribution is -2.20. The first-order valence-corrected chi connectivity index (χ1v) is 9.51. The van der Waals surface area contributed by atoms with E-state index in [0.29, 0.717) is 0 Å². The van der Waals surface area contributed by atoms with Gasteiger partial charge in [-0.2, -0.15) is 0 Å². The number of benzene rings is 2. The predicted octanol–water partition coefficient (Wildman–Crippen LogP) is 2.19. The maximum atomic E-state index is 13.7. The topological polar surface area (TPSA) is 92.3 Å². The summed E-state index contributed by atoms with van der Waals surface area (Å²) in [6, 6.07) is 8.15. The van der Waals surface area contributed by atoms with E-state index in [1.165, 1.54) is 37.4 Å². The number of sulfonamides is 2. The molecular weight excluding hydrogens is 367 g/mol. The smallest absolute Gasteiger partial charge is 0.262 e. The Balaban J connectivity index is 2.42. The van der Waals surface area contributed by atoms with Gasteiger partial charge in [0.05, 0.1) is 15.5 Å². The molecule has 2 rings (SSSR count). The summed E-state index contributed by atoms with van der Waals surface area (Å²) in [5.41, 5.74) is -0.295. The Hall–Kier alpha value is -1.68. The maximum absolute atomic E-state index is 13.7. The first-order valence-electron chi connectivity index (χ1n) is 6.17. The van der Waals surface area contributed by atoms with E-state index in [1.807, 2.05) is 0 Å². The van der Waals surface area contributed by atoms with Crippen molar-refractivity contribution in [2.24, 2.45) is 0 Å². The van der Waals surface area contributed by atoms with Crippen LogP contribution in [0.25, 0.3) is 0 Å². The van der Waals surface area contributed by atoms with E-state index in [1.54, 1.807) is 0 Å². The van der Waals surface area contributed by atoms with Crippen LogP contribution in [-0.4, -0.2) is 23.9 Å². The molecule has 0 unspecified atom stereocenters. The van der Waals surface area contributed by atoms with Crippen LogP contribution in [0.4, 0.5) is 10.1 Å². The first kappa shape index (κ1) is 17.7. The average molecular weight is 379 g/mol. The van der Waals surface area contributed by atoms with Crippen molar-refractivity contribution in [1.29, 1.82) is 0 Å². The van der Waals surface area contributed by atoms with E-state index < -0.39 is 25.9 Å². The van der Waals surface area contributed by atoms with Gasteiger partial charge in [0.2, 0.25) is 10.0 Å². The van der Waals surface area contributed by atoms with Crippen LogP contribution in [0, 0.1) is 5.82 Å². The standard InChI is InChI=1S/C13H12ClFN2O4S2/c1-16-22(18,19)10-3-2-4-11(8-10)23(20,21)17-13-6-5-9(14)7-12(13)15/h2-8,16-17H,1H3. The lowest BCUT2D eigenvalue weighted by molar-refractivity contribution is 0.587. The zero-order valence-corrected chi connectivity index (χ0v) is 14.1. The summed E-state index contributed by atoms with van der Waals surface area (Å²) in [5.74, 6) is -0.847.